The normalized spacial score (nSPS) is 19.4. The van der Waals surface area contributed by atoms with E-state index in [2.05, 4.69) is 5.10 Å². The Labute approximate surface area is 178 Å². The summed E-state index contributed by atoms with van der Waals surface area (Å²) in [5.74, 6) is -6.91. The van der Waals surface area contributed by atoms with E-state index in [4.69, 9.17) is 16.3 Å². The van der Waals surface area contributed by atoms with E-state index in [-0.39, 0.29) is 22.0 Å². The number of halogens is 6. The molecule has 0 radical (unpaired) electrons. The molecule has 2 aromatic rings. The van der Waals surface area contributed by atoms with Gasteiger partial charge in [0.2, 0.25) is 5.72 Å². The van der Waals surface area contributed by atoms with Gasteiger partial charge in [0.25, 0.3) is 5.91 Å². The predicted molar refractivity (Wildman–Crippen MR) is 102 cm³/mol. The number of hydrazone groups is 1. The van der Waals surface area contributed by atoms with E-state index >= 15 is 0 Å². The Balaban J connectivity index is 1.92. The van der Waals surface area contributed by atoms with Crippen molar-refractivity contribution in [3.63, 3.8) is 0 Å². The highest BCUT2D eigenvalue weighted by Gasteiger charge is 2.75. The average molecular weight is 463 g/mol. The number of carbonyl (C=O) groups is 1. The number of alkyl halides is 5. The van der Waals surface area contributed by atoms with E-state index < -0.39 is 36.8 Å². The third kappa shape index (κ3) is 4.22. The maximum absolute atomic E-state index is 14.3. The van der Waals surface area contributed by atoms with Gasteiger partial charge in [-0.05, 0) is 36.2 Å². The van der Waals surface area contributed by atoms with Crippen molar-refractivity contribution >= 4 is 23.2 Å². The zero-order valence-electron chi connectivity index (χ0n) is 16.0. The number of hydrogen-bond donors (Lipinski definition) is 1. The lowest BCUT2D eigenvalue weighted by molar-refractivity contribution is -0.363. The molecule has 0 spiro atoms. The maximum Gasteiger partial charge on any atom is 0.458 e. The standard InChI is InChI=1S/C20H16ClF5N2O3/c1-12-9-14(7-8-15(12)21)31-11-17(29)28-18(30,19(22,23)20(24,25)26)10-16(27-28)13-5-3-2-4-6-13/h2-9,30H,10-11H2,1H3/t18-/m0/s1. The summed E-state index contributed by atoms with van der Waals surface area (Å²) in [6.45, 7) is 0.708. The van der Waals surface area contributed by atoms with Gasteiger partial charge < -0.3 is 9.84 Å². The molecule has 1 aliphatic heterocycles. The number of amides is 1. The first-order valence-corrected chi connectivity index (χ1v) is 9.26. The van der Waals surface area contributed by atoms with E-state index in [1.165, 1.54) is 42.5 Å². The summed E-state index contributed by atoms with van der Waals surface area (Å²) in [6.07, 6.45) is -7.36. The molecular formula is C20H16ClF5N2O3. The Morgan fingerprint density at radius 3 is 2.42 bits per heavy atom. The molecule has 0 saturated heterocycles. The van der Waals surface area contributed by atoms with Gasteiger partial charge in [-0.25, -0.2) is 0 Å². The molecule has 0 fully saturated rings. The summed E-state index contributed by atoms with van der Waals surface area (Å²) in [4.78, 5) is 12.5. The molecule has 0 bridgehead atoms. The summed E-state index contributed by atoms with van der Waals surface area (Å²) in [5.41, 5.74) is -3.48. The SMILES string of the molecule is Cc1cc(OCC(=O)N2N=C(c3ccccc3)C[C@]2(O)C(F)(F)C(F)(F)F)ccc1Cl. The van der Waals surface area contributed by atoms with Gasteiger partial charge in [-0.2, -0.15) is 32.1 Å². The van der Waals surface area contributed by atoms with Crippen molar-refractivity contribution in [3.8, 4) is 5.75 Å². The first-order valence-electron chi connectivity index (χ1n) is 8.88. The second-order valence-electron chi connectivity index (χ2n) is 6.88. The van der Waals surface area contributed by atoms with Crippen molar-refractivity contribution in [2.75, 3.05) is 6.61 Å². The number of nitrogens with zero attached hydrogens (tertiary/aromatic N) is 2. The summed E-state index contributed by atoms with van der Waals surface area (Å²) < 4.78 is 73.0. The van der Waals surface area contributed by atoms with Crippen LogP contribution in [0.15, 0.2) is 53.6 Å². The van der Waals surface area contributed by atoms with Gasteiger partial charge >= 0.3 is 12.1 Å². The van der Waals surface area contributed by atoms with Gasteiger partial charge in [0.15, 0.2) is 6.61 Å². The minimum absolute atomic E-state index is 0.132. The lowest BCUT2D eigenvalue weighted by Crippen LogP contribution is -2.65. The molecule has 166 valence electrons. The highest BCUT2D eigenvalue weighted by Crippen LogP contribution is 2.49. The largest absolute Gasteiger partial charge is 0.484 e. The Hall–Kier alpha value is -2.72. The fourth-order valence-electron chi connectivity index (χ4n) is 2.98. The number of ether oxygens (including phenoxy) is 1. The third-order valence-corrected chi connectivity index (χ3v) is 5.10. The summed E-state index contributed by atoms with van der Waals surface area (Å²) >= 11 is 5.88. The van der Waals surface area contributed by atoms with Crippen LogP contribution >= 0.6 is 11.6 Å². The maximum atomic E-state index is 14.3. The van der Waals surface area contributed by atoms with Crippen molar-refractivity contribution in [2.24, 2.45) is 5.10 Å². The minimum Gasteiger partial charge on any atom is -0.484 e. The first kappa shape index (κ1) is 23.0. The van der Waals surface area contributed by atoms with Gasteiger partial charge in [0.1, 0.15) is 5.75 Å². The Kier molecular flexibility index (Phi) is 5.98. The van der Waals surface area contributed by atoms with E-state index in [1.54, 1.807) is 13.0 Å². The molecule has 1 atom stereocenters. The van der Waals surface area contributed by atoms with Crippen molar-refractivity contribution in [2.45, 2.75) is 31.2 Å². The molecule has 1 amide bonds. The van der Waals surface area contributed by atoms with Crippen LogP contribution in [-0.2, 0) is 4.79 Å². The smallest absolute Gasteiger partial charge is 0.458 e. The number of aliphatic hydroxyl groups is 1. The van der Waals surface area contributed by atoms with Crippen LogP contribution < -0.4 is 4.74 Å². The Morgan fingerprint density at radius 1 is 1.19 bits per heavy atom. The molecule has 5 nitrogen and oxygen atoms in total. The van der Waals surface area contributed by atoms with E-state index in [1.807, 2.05) is 0 Å². The molecule has 1 N–H and O–H groups in total. The van der Waals surface area contributed by atoms with Crippen LogP contribution in [-0.4, -0.2) is 46.2 Å². The monoisotopic (exact) mass is 462 g/mol. The Morgan fingerprint density at radius 2 is 1.84 bits per heavy atom. The van der Waals surface area contributed by atoms with Gasteiger partial charge in [0, 0.05) is 11.4 Å². The summed E-state index contributed by atoms with van der Waals surface area (Å²) in [7, 11) is 0. The number of rotatable bonds is 5. The van der Waals surface area contributed by atoms with Crippen LogP contribution in [0, 0.1) is 6.92 Å². The van der Waals surface area contributed by atoms with Crippen molar-refractivity contribution in [1.82, 2.24) is 5.01 Å². The number of aryl methyl sites for hydroxylation is 1. The average Bonchev–Trinajstić information content (AvgIpc) is 3.08. The summed E-state index contributed by atoms with van der Waals surface area (Å²) in [6, 6.07) is 11.7. The molecule has 0 unspecified atom stereocenters. The second-order valence-corrected chi connectivity index (χ2v) is 7.29. The first-order chi connectivity index (χ1) is 14.4. The fraction of sp³-hybridized carbons (Fsp3) is 0.300. The minimum atomic E-state index is -6.13. The molecule has 0 saturated carbocycles. The highest BCUT2D eigenvalue weighted by molar-refractivity contribution is 6.31. The molecular weight excluding hydrogens is 447 g/mol. The van der Waals surface area contributed by atoms with Gasteiger partial charge in [-0.15, -0.1) is 0 Å². The Bertz CT molecular complexity index is 1010. The zero-order valence-corrected chi connectivity index (χ0v) is 16.7. The van der Waals surface area contributed by atoms with E-state index in [0.717, 1.165) is 0 Å². The quantitative estimate of drug-likeness (QED) is 0.663. The molecule has 11 heteroatoms. The van der Waals surface area contributed by atoms with Crippen LogP contribution in [0.4, 0.5) is 22.0 Å². The second kappa shape index (κ2) is 8.08. The molecule has 0 aromatic heterocycles. The van der Waals surface area contributed by atoms with Crippen LogP contribution in [0.2, 0.25) is 5.02 Å². The van der Waals surface area contributed by atoms with Crippen molar-refractivity contribution in [3.05, 3.63) is 64.7 Å². The highest BCUT2D eigenvalue weighted by atomic mass is 35.5. The molecule has 1 aliphatic rings. The fourth-order valence-corrected chi connectivity index (χ4v) is 3.10. The van der Waals surface area contributed by atoms with Crippen LogP contribution in [0.25, 0.3) is 0 Å². The molecule has 0 aliphatic carbocycles. The van der Waals surface area contributed by atoms with Crippen molar-refractivity contribution < 1.29 is 36.6 Å². The number of hydrogen-bond acceptors (Lipinski definition) is 4. The molecule has 2 aromatic carbocycles. The molecule has 31 heavy (non-hydrogen) atoms. The van der Waals surface area contributed by atoms with Crippen molar-refractivity contribution in [1.29, 1.82) is 0 Å². The lowest BCUT2D eigenvalue weighted by Gasteiger charge is -2.37. The van der Waals surface area contributed by atoms with Gasteiger partial charge in [-0.3, -0.25) is 4.79 Å². The predicted octanol–water partition coefficient (Wildman–Crippen LogP) is 4.55. The van der Waals surface area contributed by atoms with Crippen LogP contribution in [0.3, 0.4) is 0 Å². The zero-order chi connectivity index (χ0) is 23.0. The van der Waals surface area contributed by atoms with Crippen LogP contribution in [0.5, 0.6) is 5.75 Å². The van der Waals surface area contributed by atoms with Crippen LogP contribution in [0.1, 0.15) is 17.5 Å². The van der Waals surface area contributed by atoms with Gasteiger partial charge in [-0.1, -0.05) is 41.9 Å². The lowest BCUT2D eigenvalue weighted by atomic mass is 9.95. The van der Waals surface area contributed by atoms with E-state index in [9.17, 15) is 31.9 Å². The topological polar surface area (TPSA) is 62.1 Å². The molecule has 1 heterocycles. The molecule has 3 rings (SSSR count). The van der Waals surface area contributed by atoms with Gasteiger partial charge in [0.05, 0.1) is 5.71 Å². The number of carbonyl (C=O) groups excluding carboxylic acids is 1. The van der Waals surface area contributed by atoms with E-state index in [0.29, 0.717) is 10.6 Å². The summed E-state index contributed by atoms with van der Waals surface area (Å²) in [5, 5.41) is 14.2. The number of benzene rings is 2. The third-order valence-electron chi connectivity index (χ3n) is 4.68.